The fraction of sp³-hybridized carbons (Fsp3) is 0.524. The van der Waals surface area contributed by atoms with Crippen LogP contribution in [0.2, 0.25) is 0 Å². The summed E-state index contributed by atoms with van der Waals surface area (Å²) in [5.41, 5.74) is 8.30. The number of hydrogen-bond acceptors (Lipinski definition) is 5. The summed E-state index contributed by atoms with van der Waals surface area (Å²) in [6, 6.07) is 5.69. The first-order valence-electron chi connectivity index (χ1n) is 9.36. The van der Waals surface area contributed by atoms with Gasteiger partial charge in [-0.1, -0.05) is 20.8 Å². The van der Waals surface area contributed by atoms with Gasteiger partial charge in [0.2, 0.25) is 5.91 Å². The zero-order valence-corrected chi connectivity index (χ0v) is 16.8. The van der Waals surface area contributed by atoms with Gasteiger partial charge < -0.3 is 20.1 Å². The number of carbonyl (C=O) groups excluding carboxylic acids is 1. The molecular formula is C21H29N3O3. The van der Waals surface area contributed by atoms with Gasteiger partial charge in [0.25, 0.3) is 0 Å². The van der Waals surface area contributed by atoms with Crippen molar-refractivity contribution in [2.75, 3.05) is 33.0 Å². The molecule has 0 saturated carbocycles. The summed E-state index contributed by atoms with van der Waals surface area (Å²) in [5.74, 6) is 1.61. The Bertz CT molecular complexity index is 858. The van der Waals surface area contributed by atoms with Gasteiger partial charge in [-0.25, -0.2) is 0 Å². The van der Waals surface area contributed by atoms with Crippen LogP contribution >= 0.6 is 0 Å². The van der Waals surface area contributed by atoms with Gasteiger partial charge in [-0.2, -0.15) is 0 Å². The molecule has 27 heavy (non-hydrogen) atoms. The van der Waals surface area contributed by atoms with Crippen molar-refractivity contribution < 1.29 is 14.3 Å². The Labute approximate surface area is 160 Å². The smallest absolute Gasteiger partial charge is 0.227 e. The van der Waals surface area contributed by atoms with Crippen LogP contribution in [0.3, 0.4) is 0 Å². The molecule has 6 nitrogen and oxygen atoms in total. The summed E-state index contributed by atoms with van der Waals surface area (Å²) < 4.78 is 10.8. The first-order chi connectivity index (χ1) is 12.7. The number of pyridine rings is 1. The standard InChI is InChI=1S/C21H29N3O3/c1-21(2,3)20(25)24-8-6-7-13(12-24)19-15(22)9-14-10-17(26-4)18(27-5)11-16(14)23-19/h9-11,13H,6-8,12,22H2,1-5H3/t13-/m0/s1. The van der Waals surface area contributed by atoms with E-state index in [4.69, 9.17) is 20.2 Å². The number of nitrogen functional groups attached to an aromatic ring is 1. The van der Waals surface area contributed by atoms with E-state index in [1.54, 1.807) is 14.2 Å². The molecule has 0 bridgehead atoms. The number of fused-ring (bicyclic) bond motifs is 1. The van der Waals surface area contributed by atoms with Gasteiger partial charge in [0, 0.05) is 35.9 Å². The van der Waals surface area contributed by atoms with Crippen molar-refractivity contribution in [3.63, 3.8) is 0 Å². The second-order valence-electron chi connectivity index (χ2n) is 8.20. The maximum atomic E-state index is 12.7. The second-order valence-corrected chi connectivity index (χ2v) is 8.20. The lowest BCUT2D eigenvalue weighted by atomic mass is 9.89. The lowest BCUT2D eigenvalue weighted by molar-refractivity contribution is -0.140. The Hall–Kier alpha value is -2.50. The van der Waals surface area contributed by atoms with E-state index < -0.39 is 0 Å². The second kappa shape index (κ2) is 7.25. The van der Waals surface area contributed by atoms with Crippen molar-refractivity contribution >= 4 is 22.5 Å². The molecule has 1 aromatic carbocycles. The molecule has 0 unspecified atom stereocenters. The molecule has 2 aromatic rings. The molecule has 0 spiro atoms. The first-order valence-corrected chi connectivity index (χ1v) is 9.36. The highest BCUT2D eigenvalue weighted by molar-refractivity contribution is 5.86. The SMILES string of the molecule is COc1cc2cc(N)c([C@H]3CCCN(C(=O)C(C)(C)C)C3)nc2cc1OC. The number of rotatable bonds is 3. The summed E-state index contributed by atoms with van der Waals surface area (Å²) in [6.45, 7) is 7.33. The number of aromatic nitrogens is 1. The Morgan fingerprint density at radius 1 is 1.19 bits per heavy atom. The molecular weight excluding hydrogens is 342 g/mol. The van der Waals surface area contributed by atoms with E-state index >= 15 is 0 Å². The molecule has 1 atom stereocenters. The molecule has 0 aliphatic carbocycles. The van der Waals surface area contributed by atoms with Crippen molar-refractivity contribution in [2.45, 2.75) is 39.5 Å². The van der Waals surface area contributed by atoms with Crippen LogP contribution in [-0.4, -0.2) is 43.1 Å². The summed E-state index contributed by atoms with van der Waals surface area (Å²) in [6.07, 6.45) is 1.93. The first kappa shape index (κ1) is 19.3. The summed E-state index contributed by atoms with van der Waals surface area (Å²) >= 11 is 0. The normalized spacial score (nSPS) is 17.8. The Kier molecular flexibility index (Phi) is 5.18. The third kappa shape index (κ3) is 3.80. The van der Waals surface area contributed by atoms with Gasteiger partial charge >= 0.3 is 0 Å². The molecule has 1 aliphatic heterocycles. The zero-order chi connectivity index (χ0) is 19.8. The Morgan fingerprint density at radius 3 is 2.48 bits per heavy atom. The summed E-state index contributed by atoms with van der Waals surface area (Å²) in [5, 5.41) is 0.910. The van der Waals surface area contributed by atoms with Gasteiger partial charge in [-0.15, -0.1) is 0 Å². The highest BCUT2D eigenvalue weighted by atomic mass is 16.5. The number of amides is 1. The van der Waals surface area contributed by atoms with Crippen LogP contribution < -0.4 is 15.2 Å². The number of anilines is 1. The van der Waals surface area contributed by atoms with Crippen molar-refractivity contribution in [3.05, 3.63) is 23.9 Å². The molecule has 6 heteroatoms. The number of likely N-dealkylation sites (tertiary alicyclic amines) is 1. The van der Waals surface area contributed by atoms with Crippen molar-refractivity contribution in [2.24, 2.45) is 5.41 Å². The minimum Gasteiger partial charge on any atom is -0.493 e. The Morgan fingerprint density at radius 2 is 1.85 bits per heavy atom. The van der Waals surface area contributed by atoms with Crippen LogP contribution in [0, 0.1) is 5.41 Å². The maximum absolute atomic E-state index is 12.7. The van der Waals surface area contributed by atoms with E-state index in [1.807, 2.05) is 43.9 Å². The molecule has 2 N–H and O–H groups in total. The van der Waals surface area contributed by atoms with Crippen LogP contribution in [0.5, 0.6) is 11.5 Å². The van der Waals surface area contributed by atoms with E-state index in [-0.39, 0.29) is 17.2 Å². The minimum atomic E-state index is -0.381. The highest BCUT2D eigenvalue weighted by Gasteiger charge is 2.32. The summed E-state index contributed by atoms with van der Waals surface area (Å²) in [7, 11) is 3.22. The average molecular weight is 371 g/mol. The quantitative estimate of drug-likeness (QED) is 0.892. The van der Waals surface area contributed by atoms with E-state index in [1.165, 1.54) is 0 Å². The molecule has 1 aliphatic rings. The number of carbonyl (C=O) groups is 1. The molecule has 146 valence electrons. The lowest BCUT2D eigenvalue weighted by Gasteiger charge is -2.36. The molecule has 1 amide bonds. The number of nitrogens with two attached hydrogens (primary N) is 1. The predicted octanol–water partition coefficient (Wildman–Crippen LogP) is 3.59. The number of hydrogen-bond donors (Lipinski definition) is 1. The number of benzene rings is 1. The van der Waals surface area contributed by atoms with Crippen molar-refractivity contribution in [1.82, 2.24) is 9.88 Å². The van der Waals surface area contributed by atoms with Gasteiger partial charge in [0.15, 0.2) is 11.5 Å². The monoisotopic (exact) mass is 371 g/mol. The molecule has 1 aromatic heterocycles. The highest BCUT2D eigenvalue weighted by Crippen LogP contribution is 2.36. The third-order valence-electron chi connectivity index (χ3n) is 5.12. The third-order valence-corrected chi connectivity index (χ3v) is 5.12. The van der Waals surface area contributed by atoms with Crippen molar-refractivity contribution in [1.29, 1.82) is 0 Å². The van der Waals surface area contributed by atoms with Gasteiger partial charge in [-0.3, -0.25) is 9.78 Å². The van der Waals surface area contributed by atoms with E-state index in [0.717, 1.165) is 36.0 Å². The van der Waals surface area contributed by atoms with Gasteiger partial charge in [-0.05, 0) is 25.0 Å². The number of nitrogens with zero attached hydrogens (tertiary/aromatic N) is 2. The minimum absolute atomic E-state index is 0.141. The lowest BCUT2D eigenvalue weighted by Crippen LogP contribution is -2.44. The van der Waals surface area contributed by atoms with Gasteiger partial charge in [0.05, 0.1) is 31.1 Å². The van der Waals surface area contributed by atoms with Crippen LogP contribution in [0.15, 0.2) is 18.2 Å². The summed E-state index contributed by atoms with van der Waals surface area (Å²) in [4.78, 5) is 19.5. The van der Waals surface area contributed by atoms with Crippen LogP contribution in [0.1, 0.15) is 45.2 Å². The molecule has 1 fully saturated rings. The number of ether oxygens (including phenoxy) is 2. The molecule has 0 radical (unpaired) electrons. The van der Waals surface area contributed by atoms with Crippen molar-refractivity contribution in [3.8, 4) is 11.5 Å². The largest absolute Gasteiger partial charge is 0.493 e. The topological polar surface area (TPSA) is 77.7 Å². The fourth-order valence-corrected chi connectivity index (χ4v) is 3.72. The molecule has 1 saturated heterocycles. The Balaban J connectivity index is 1.96. The molecule has 3 rings (SSSR count). The van der Waals surface area contributed by atoms with Gasteiger partial charge in [0.1, 0.15) is 0 Å². The van der Waals surface area contributed by atoms with E-state index in [0.29, 0.717) is 23.7 Å². The van der Waals surface area contributed by atoms with Crippen LogP contribution in [0.4, 0.5) is 5.69 Å². The van der Waals surface area contributed by atoms with Crippen LogP contribution in [0.25, 0.3) is 10.9 Å². The van der Waals surface area contributed by atoms with E-state index in [9.17, 15) is 4.79 Å². The van der Waals surface area contributed by atoms with Crippen LogP contribution in [-0.2, 0) is 4.79 Å². The number of piperidine rings is 1. The predicted molar refractivity (Wildman–Crippen MR) is 107 cm³/mol. The van der Waals surface area contributed by atoms with E-state index in [2.05, 4.69) is 0 Å². The zero-order valence-electron chi connectivity index (χ0n) is 16.8. The molecule has 2 heterocycles. The number of methoxy groups -OCH3 is 2. The average Bonchev–Trinajstić information content (AvgIpc) is 2.65. The maximum Gasteiger partial charge on any atom is 0.227 e. The fourth-order valence-electron chi connectivity index (χ4n) is 3.72.